The van der Waals surface area contributed by atoms with Crippen molar-refractivity contribution in [3.63, 3.8) is 0 Å². The molecule has 1 N–H and O–H groups in total. The van der Waals surface area contributed by atoms with E-state index in [2.05, 4.69) is 111 Å². The minimum absolute atomic E-state index is 0.145. The summed E-state index contributed by atoms with van der Waals surface area (Å²) in [4.78, 5) is 23.9. The van der Waals surface area contributed by atoms with Gasteiger partial charge in [0.1, 0.15) is 19.3 Å². The molecule has 5 heteroatoms. The monoisotopic (exact) mass is 693 g/mol. The SMILES string of the molecule is CC/C=C\C/C=C\C/C=C\C/C=C\C/C=C\CCCCCC(=O)OC[C@H](O)COC(=O)CCCCCC/C=C\C/C=C\C/C=C\CCCCC. The molecule has 0 heterocycles. The summed E-state index contributed by atoms with van der Waals surface area (Å²) in [7, 11) is 0. The van der Waals surface area contributed by atoms with Crippen molar-refractivity contribution in [1.29, 1.82) is 0 Å². The lowest BCUT2D eigenvalue weighted by atomic mass is 10.1. The van der Waals surface area contributed by atoms with Gasteiger partial charge in [-0.3, -0.25) is 9.59 Å². The average molecular weight is 693 g/mol. The predicted octanol–water partition coefficient (Wildman–Crippen LogP) is 12.5. The second kappa shape index (κ2) is 40.3. The molecule has 0 saturated heterocycles. The lowest BCUT2D eigenvalue weighted by Gasteiger charge is -2.12. The van der Waals surface area contributed by atoms with E-state index in [4.69, 9.17) is 9.47 Å². The highest BCUT2D eigenvalue weighted by Gasteiger charge is 2.12. The first-order chi connectivity index (χ1) is 24.6. The predicted molar refractivity (Wildman–Crippen MR) is 214 cm³/mol. The summed E-state index contributed by atoms with van der Waals surface area (Å²) < 4.78 is 10.3. The summed E-state index contributed by atoms with van der Waals surface area (Å²) in [5.41, 5.74) is 0. The molecule has 0 bridgehead atoms. The van der Waals surface area contributed by atoms with Crippen molar-refractivity contribution >= 4 is 11.9 Å². The maximum absolute atomic E-state index is 12.0. The second-order valence-electron chi connectivity index (χ2n) is 12.7. The highest BCUT2D eigenvalue weighted by Crippen LogP contribution is 2.09. The summed E-state index contributed by atoms with van der Waals surface area (Å²) in [6.45, 7) is 4.09. The van der Waals surface area contributed by atoms with Crippen molar-refractivity contribution < 1.29 is 24.2 Å². The summed E-state index contributed by atoms with van der Waals surface area (Å²) in [6, 6.07) is 0. The van der Waals surface area contributed by atoms with Crippen LogP contribution in [0, 0.1) is 0 Å². The zero-order valence-electron chi connectivity index (χ0n) is 31.9. The number of ether oxygens (including phenoxy) is 2. The number of esters is 2. The highest BCUT2D eigenvalue weighted by molar-refractivity contribution is 5.69. The van der Waals surface area contributed by atoms with Crippen molar-refractivity contribution in [3.8, 4) is 0 Å². The van der Waals surface area contributed by atoms with Crippen LogP contribution in [0.3, 0.4) is 0 Å². The van der Waals surface area contributed by atoms with Crippen LogP contribution in [0.2, 0.25) is 0 Å². The molecule has 0 radical (unpaired) electrons. The topological polar surface area (TPSA) is 72.8 Å². The number of unbranched alkanes of at least 4 members (excludes halogenated alkanes) is 10. The molecule has 0 rings (SSSR count). The van der Waals surface area contributed by atoms with Gasteiger partial charge >= 0.3 is 11.9 Å². The van der Waals surface area contributed by atoms with Crippen molar-refractivity contribution in [3.05, 3.63) is 97.2 Å². The molecule has 0 unspecified atom stereocenters. The van der Waals surface area contributed by atoms with Crippen LogP contribution in [0.15, 0.2) is 97.2 Å². The minimum Gasteiger partial charge on any atom is -0.463 e. The third-order valence-corrected chi connectivity index (χ3v) is 7.80. The first-order valence-electron chi connectivity index (χ1n) is 19.8. The Balaban J connectivity index is 3.59. The Morgan fingerprint density at radius 2 is 0.760 bits per heavy atom. The van der Waals surface area contributed by atoms with Gasteiger partial charge < -0.3 is 14.6 Å². The molecule has 0 aliphatic carbocycles. The fraction of sp³-hybridized carbons (Fsp3) is 0.600. The van der Waals surface area contributed by atoms with Crippen LogP contribution >= 0.6 is 0 Å². The Hall–Kier alpha value is -3.18. The van der Waals surface area contributed by atoms with E-state index in [1.54, 1.807) is 0 Å². The van der Waals surface area contributed by atoms with E-state index < -0.39 is 6.10 Å². The first-order valence-corrected chi connectivity index (χ1v) is 19.8. The lowest BCUT2D eigenvalue weighted by Crippen LogP contribution is -2.25. The molecule has 0 spiro atoms. The van der Waals surface area contributed by atoms with Gasteiger partial charge in [0.2, 0.25) is 0 Å². The van der Waals surface area contributed by atoms with Crippen LogP contribution in [0.25, 0.3) is 0 Å². The Morgan fingerprint density at radius 3 is 1.14 bits per heavy atom. The van der Waals surface area contributed by atoms with E-state index in [0.29, 0.717) is 12.8 Å². The zero-order valence-corrected chi connectivity index (χ0v) is 31.9. The molecular weight excluding hydrogens is 620 g/mol. The quantitative estimate of drug-likeness (QED) is 0.0413. The number of rotatable bonds is 34. The molecule has 50 heavy (non-hydrogen) atoms. The third kappa shape index (κ3) is 39.3. The van der Waals surface area contributed by atoms with Gasteiger partial charge in [-0.15, -0.1) is 0 Å². The van der Waals surface area contributed by atoms with Crippen LogP contribution in [0.1, 0.15) is 155 Å². The number of allylic oxidation sites excluding steroid dienone is 16. The van der Waals surface area contributed by atoms with Crippen molar-refractivity contribution in [1.82, 2.24) is 0 Å². The number of aliphatic hydroxyl groups is 1. The standard InChI is InChI=1S/C45H72O5/c1-3-5-7-9-11-13-15-17-19-21-22-24-26-28-30-32-34-36-38-40-45(48)50-42-43(46)41-49-44(47)39-37-35-33-31-29-27-25-23-20-18-16-14-12-10-8-6-4-2/h5,7,11-14,17-20,22,24-25,27-28,30,43,46H,3-4,6,8-10,15-16,21,23,26,29,31-42H2,1-2H3/b7-5-,13-11-,14-12-,19-17-,20-18-,24-22-,27-25-,30-28-/t43-/m1/s1. The van der Waals surface area contributed by atoms with Crippen molar-refractivity contribution in [2.24, 2.45) is 0 Å². The van der Waals surface area contributed by atoms with Crippen molar-refractivity contribution in [2.75, 3.05) is 13.2 Å². The lowest BCUT2D eigenvalue weighted by molar-refractivity contribution is -0.152. The molecule has 0 aliphatic heterocycles. The molecule has 0 amide bonds. The fourth-order valence-corrected chi connectivity index (χ4v) is 4.82. The molecule has 0 saturated carbocycles. The van der Waals surface area contributed by atoms with Gasteiger partial charge in [-0.1, -0.05) is 143 Å². The molecule has 282 valence electrons. The van der Waals surface area contributed by atoms with E-state index in [0.717, 1.165) is 103 Å². The Bertz CT molecular complexity index is 1010. The van der Waals surface area contributed by atoms with E-state index in [9.17, 15) is 14.7 Å². The molecule has 5 nitrogen and oxygen atoms in total. The summed E-state index contributed by atoms with van der Waals surface area (Å²) >= 11 is 0. The summed E-state index contributed by atoms with van der Waals surface area (Å²) in [6.07, 6.45) is 56.0. The maximum atomic E-state index is 12.0. The van der Waals surface area contributed by atoms with Gasteiger partial charge in [0.15, 0.2) is 0 Å². The normalized spacial score (nSPS) is 13.3. The van der Waals surface area contributed by atoms with Crippen LogP contribution in [0.5, 0.6) is 0 Å². The molecule has 0 aromatic carbocycles. The van der Waals surface area contributed by atoms with Crippen LogP contribution in [-0.4, -0.2) is 36.4 Å². The Labute approximate surface area is 307 Å². The molecule has 0 fully saturated rings. The molecule has 0 aromatic heterocycles. The number of hydrogen-bond donors (Lipinski definition) is 1. The van der Waals surface area contributed by atoms with Crippen LogP contribution in [0.4, 0.5) is 0 Å². The smallest absolute Gasteiger partial charge is 0.305 e. The molecular formula is C45H72O5. The van der Waals surface area contributed by atoms with Gasteiger partial charge in [-0.05, 0) is 96.3 Å². The van der Waals surface area contributed by atoms with Gasteiger partial charge in [0.05, 0.1) is 0 Å². The third-order valence-electron chi connectivity index (χ3n) is 7.80. The van der Waals surface area contributed by atoms with Crippen molar-refractivity contribution in [2.45, 2.75) is 161 Å². The minimum atomic E-state index is -0.994. The first kappa shape index (κ1) is 46.8. The van der Waals surface area contributed by atoms with Crippen LogP contribution < -0.4 is 0 Å². The fourth-order valence-electron chi connectivity index (χ4n) is 4.82. The van der Waals surface area contributed by atoms with Crippen LogP contribution in [-0.2, 0) is 19.1 Å². The van der Waals surface area contributed by atoms with Gasteiger partial charge in [-0.25, -0.2) is 0 Å². The number of carbonyl (C=O) groups excluding carboxylic acids is 2. The zero-order chi connectivity index (χ0) is 36.4. The van der Waals surface area contributed by atoms with E-state index in [1.165, 1.54) is 25.7 Å². The summed E-state index contributed by atoms with van der Waals surface area (Å²) in [5, 5.41) is 10.0. The van der Waals surface area contributed by atoms with E-state index in [1.807, 2.05) is 0 Å². The van der Waals surface area contributed by atoms with Gasteiger partial charge in [0.25, 0.3) is 0 Å². The van der Waals surface area contributed by atoms with Gasteiger partial charge in [-0.2, -0.15) is 0 Å². The van der Waals surface area contributed by atoms with E-state index in [-0.39, 0.29) is 25.2 Å². The number of aliphatic hydroxyl groups excluding tert-OH is 1. The molecule has 1 atom stereocenters. The van der Waals surface area contributed by atoms with Gasteiger partial charge in [0, 0.05) is 12.8 Å². The summed E-state index contributed by atoms with van der Waals surface area (Å²) in [5.74, 6) is -0.636. The number of carbonyl (C=O) groups is 2. The highest BCUT2D eigenvalue weighted by atomic mass is 16.6. The molecule has 0 aromatic rings. The largest absolute Gasteiger partial charge is 0.463 e. The number of hydrogen-bond acceptors (Lipinski definition) is 5. The Kier molecular flexibility index (Phi) is 37.7. The Morgan fingerprint density at radius 1 is 0.440 bits per heavy atom. The molecule has 0 aliphatic rings. The maximum Gasteiger partial charge on any atom is 0.305 e. The average Bonchev–Trinajstić information content (AvgIpc) is 3.12. The second-order valence-corrected chi connectivity index (χ2v) is 12.7. The van der Waals surface area contributed by atoms with E-state index >= 15 is 0 Å².